The zero-order chi connectivity index (χ0) is 11.7. The number of nitrogens with one attached hydrogen (secondary N) is 2. The van der Waals surface area contributed by atoms with E-state index >= 15 is 0 Å². The van der Waals surface area contributed by atoms with Crippen molar-refractivity contribution in [2.75, 3.05) is 18.4 Å². The summed E-state index contributed by atoms with van der Waals surface area (Å²) in [4.78, 5) is 11.7. The molecule has 6 heteroatoms. The first-order valence-corrected chi connectivity index (χ1v) is 5.91. The molecule has 0 unspecified atom stereocenters. The van der Waals surface area contributed by atoms with Crippen LogP contribution in [0.1, 0.15) is 0 Å². The van der Waals surface area contributed by atoms with Gasteiger partial charge in [0.05, 0.1) is 16.6 Å². The molecule has 16 heavy (non-hydrogen) atoms. The van der Waals surface area contributed by atoms with Crippen LogP contribution < -0.4 is 10.6 Å². The first-order chi connectivity index (χ1) is 7.58. The highest BCUT2D eigenvalue weighted by Gasteiger charge is 2.25. The normalized spacial score (nSPS) is 15.7. The minimum absolute atomic E-state index is 0.0342. The van der Waals surface area contributed by atoms with E-state index < -0.39 is 5.82 Å². The summed E-state index contributed by atoms with van der Waals surface area (Å²) in [6.07, 6.45) is 0. The Morgan fingerprint density at radius 2 is 2.25 bits per heavy atom. The van der Waals surface area contributed by atoms with Crippen LogP contribution >= 0.6 is 27.5 Å². The first kappa shape index (κ1) is 11.8. The number of halogens is 3. The number of hydrogen-bond donors (Lipinski definition) is 2. The van der Waals surface area contributed by atoms with Crippen LogP contribution in [-0.2, 0) is 4.79 Å². The van der Waals surface area contributed by atoms with Gasteiger partial charge >= 0.3 is 0 Å². The molecule has 1 saturated heterocycles. The summed E-state index contributed by atoms with van der Waals surface area (Å²) in [5.74, 6) is -0.582. The molecule has 1 fully saturated rings. The van der Waals surface area contributed by atoms with Gasteiger partial charge in [-0.2, -0.15) is 0 Å². The van der Waals surface area contributed by atoms with E-state index in [2.05, 4.69) is 26.6 Å². The van der Waals surface area contributed by atoms with Crippen LogP contribution in [0.25, 0.3) is 0 Å². The molecular formula is C10H9BrClFN2O. The standard InChI is InChI=1S/C10H9BrClFN2O/c11-7-1-6(13)2-8(12)9(7)15-10(16)5-3-14-4-5/h1-2,5,14H,3-4H2,(H,15,16). The molecular weight excluding hydrogens is 298 g/mol. The van der Waals surface area contributed by atoms with Crippen molar-refractivity contribution in [3.05, 3.63) is 27.4 Å². The highest BCUT2D eigenvalue weighted by Crippen LogP contribution is 2.32. The minimum Gasteiger partial charge on any atom is -0.324 e. The molecule has 2 N–H and O–H groups in total. The van der Waals surface area contributed by atoms with Gasteiger partial charge in [-0.25, -0.2) is 4.39 Å². The SMILES string of the molecule is O=C(Nc1c(Cl)cc(F)cc1Br)C1CNC1. The maximum absolute atomic E-state index is 12.9. The molecule has 1 heterocycles. The first-order valence-electron chi connectivity index (χ1n) is 4.74. The summed E-state index contributed by atoms with van der Waals surface area (Å²) in [7, 11) is 0. The molecule has 1 aliphatic rings. The van der Waals surface area contributed by atoms with Gasteiger partial charge in [-0.1, -0.05) is 11.6 Å². The summed E-state index contributed by atoms with van der Waals surface area (Å²) < 4.78 is 13.4. The predicted molar refractivity (Wildman–Crippen MR) is 64.1 cm³/mol. The second-order valence-electron chi connectivity index (χ2n) is 3.59. The number of benzene rings is 1. The van der Waals surface area contributed by atoms with Gasteiger partial charge in [0, 0.05) is 17.6 Å². The molecule has 0 bridgehead atoms. The number of rotatable bonds is 2. The second kappa shape index (κ2) is 4.69. The van der Waals surface area contributed by atoms with Crippen LogP contribution in [0.2, 0.25) is 5.02 Å². The number of anilines is 1. The van der Waals surface area contributed by atoms with Gasteiger partial charge in [0.25, 0.3) is 0 Å². The van der Waals surface area contributed by atoms with E-state index in [1.165, 1.54) is 12.1 Å². The molecule has 0 aliphatic carbocycles. The summed E-state index contributed by atoms with van der Waals surface area (Å²) in [6.45, 7) is 1.34. The predicted octanol–water partition coefficient (Wildman–Crippen LogP) is 2.40. The largest absolute Gasteiger partial charge is 0.324 e. The van der Waals surface area contributed by atoms with E-state index in [-0.39, 0.29) is 16.8 Å². The van der Waals surface area contributed by atoms with Crippen molar-refractivity contribution in [1.82, 2.24) is 5.32 Å². The molecule has 0 spiro atoms. The Kier molecular flexibility index (Phi) is 3.47. The van der Waals surface area contributed by atoms with Crippen molar-refractivity contribution in [2.45, 2.75) is 0 Å². The molecule has 86 valence electrons. The molecule has 2 rings (SSSR count). The number of hydrogen-bond acceptors (Lipinski definition) is 2. The van der Waals surface area contributed by atoms with E-state index in [1.807, 2.05) is 0 Å². The molecule has 0 atom stereocenters. The van der Waals surface area contributed by atoms with Gasteiger partial charge in [0.1, 0.15) is 5.82 Å². The second-order valence-corrected chi connectivity index (χ2v) is 4.85. The van der Waals surface area contributed by atoms with Crippen molar-refractivity contribution in [3.63, 3.8) is 0 Å². The van der Waals surface area contributed by atoms with E-state index in [4.69, 9.17) is 11.6 Å². The lowest BCUT2D eigenvalue weighted by molar-refractivity contribution is -0.121. The summed E-state index contributed by atoms with van der Waals surface area (Å²) in [6, 6.07) is 2.43. The number of carbonyl (C=O) groups is 1. The van der Waals surface area contributed by atoms with Crippen LogP contribution in [0.15, 0.2) is 16.6 Å². The van der Waals surface area contributed by atoms with Gasteiger partial charge < -0.3 is 10.6 Å². The lowest BCUT2D eigenvalue weighted by Gasteiger charge is -2.26. The smallest absolute Gasteiger partial charge is 0.230 e. The molecule has 3 nitrogen and oxygen atoms in total. The fourth-order valence-corrected chi connectivity index (χ4v) is 2.26. The summed E-state index contributed by atoms with van der Waals surface area (Å²) in [5, 5.41) is 5.87. The minimum atomic E-state index is -0.444. The molecule has 0 radical (unpaired) electrons. The van der Waals surface area contributed by atoms with Gasteiger partial charge in [-0.05, 0) is 28.1 Å². The molecule has 1 aliphatic heterocycles. The topological polar surface area (TPSA) is 41.1 Å². The lowest BCUT2D eigenvalue weighted by atomic mass is 10.0. The van der Waals surface area contributed by atoms with Crippen LogP contribution in [0.3, 0.4) is 0 Å². The Morgan fingerprint density at radius 3 is 2.75 bits per heavy atom. The zero-order valence-electron chi connectivity index (χ0n) is 8.19. The zero-order valence-corrected chi connectivity index (χ0v) is 10.5. The van der Waals surface area contributed by atoms with Crippen molar-refractivity contribution >= 4 is 39.1 Å². The maximum atomic E-state index is 12.9. The van der Waals surface area contributed by atoms with Crippen LogP contribution in [-0.4, -0.2) is 19.0 Å². The van der Waals surface area contributed by atoms with Gasteiger partial charge in [-0.15, -0.1) is 0 Å². The maximum Gasteiger partial charge on any atom is 0.230 e. The Bertz CT molecular complexity index is 414. The summed E-state index contributed by atoms with van der Waals surface area (Å²) >= 11 is 9.01. The molecule has 1 aromatic rings. The number of carbonyl (C=O) groups excluding carboxylic acids is 1. The van der Waals surface area contributed by atoms with Crippen LogP contribution in [0.4, 0.5) is 10.1 Å². The Balaban J connectivity index is 2.17. The fourth-order valence-electron chi connectivity index (χ4n) is 1.36. The average Bonchev–Trinajstić information content (AvgIpc) is 2.08. The van der Waals surface area contributed by atoms with Crippen molar-refractivity contribution < 1.29 is 9.18 Å². The van der Waals surface area contributed by atoms with E-state index in [1.54, 1.807) is 0 Å². The Morgan fingerprint density at radius 1 is 1.56 bits per heavy atom. The Labute approximate surface area is 105 Å². The highest BCUT2D eigenvalue weighted by atomic mass is 79.9. The van der Waals surface area contributed by atoms with E-state index in [9.17, 15) is 9.18 Å². The van der Waals surface area contributed by atoms with Gasteiger partial charge in [0.2, 0.25) is 5.91 Å². The van der Waals surface area contributed by atoms with Crippen LogP contribution in [0, 0.1) is 11.7 Å². The molecule has 0 aromatic heterocycles. The quantitative estimate of drug-likeness (QED) is 0.881. The molecule has 1 aromatic carbocycles. The van der Waals surface area contributed by atoms with Crippen molar-refractivity contribution in [1.29, 1.82) is 0 Å². The third kappa shape index (κ3) is 2.36. The highest BCUT2D eigenvalue weighted by molar-refractivity contribution is 9.10. The summed E-state index contributed by atoms with van der Waals surface area (Å²) in [5.41, 5.74) is 0.417. The molecule has 0 saturated carbocycles. The third-order valence-electron chi connectivity index (χ3n) is 2.41. The van der Waals surface area contributed by atoms with Crippen LogP contribution in [0.5, 0.6) is 0 Å². The molecule has 1 amide bonds. The Hall–Kier alpha value is -0.650. The monoisotopic (exact) mass is 306 g/mol. The van der Waals surface area contributed by atoms with E-state index in [0.29, 0.717) is 23.2 Å². The number of amides is 1. The average molecular weight is 308 g/mol. The fraction of sp³-hybridized carbons (Fsp3) is 0.300. The van der Waals surface area contributed by atoms with E-state index in [0.717, 1.165) is 0 Å². The lowest BCUT2D eigenvalue weighted by Crippen LogP contribution is -2.48. The van der Waals surface area contributed by atoms with Crippen molar-refractivity contribution in [2.24, 2.45) is 5.92 Å². The third-order valence-corrected chi connectivity index (χ3v) is 3.33. The van der Waals surface area contributed by atoms with Gasteiger partial charge in [-0.3, -0.25) is 4.79 Å². The van der Waals surface area contributed by atoms with Crippen molar-refractivity contribution in [3.8, 4) is 0 Å². The van der Waals surface area contributed by atoms with Gasteiger partial charge in [0.15, 0.2) is 0 Å².